The van der Waals surface area contributed by atoms with Gasteiger partial charge in [-0.3, -0.25) is 14.9 Å². The first-order chi connectivity index (χ1) is 12.4. The smallest absolute Gasteiger partial charge is 0.254 e. The monoisotopic (exact) mass is 349 g/mol. The third-order valence-electron chi connectivity index (χ3n) is 4.73. The molecule has 3 rings (SSSR count). The molecule has 0 spiro atoms. The molecule has 3 N–H and O–H groups in total. The molecule has 0 bridgehead atoms. The van der Waals surface area contributed by atoms with Gasteiger partial charge in [-0.15, -0.1) is 0 Å². The number of carbonyl (C=O) groups is 1. The number of hydrogen-bond acceptors (Lipinski definition) is 4. The number of nitrogens with one attached hydrogen (secondary N) is 1. The summed E-state index contributed by atoms with van der Waals surface area (Å²) in [6.07, 6.45) is 1.69. The maximum atomic E-state index is 13.0. The summed E-state index contributed by atoms with van der Waals surface area (Å²) in [4.78, 5) is 19.1. The number of carbonyl (C=O) groups excluding carboxylic acids is 1. The summed E-state index contributed by atoms with van der Waals surface area (Å²) in [7, 11) is 1.81. The summed E-state index contributed by atoms with van der Waals surface area (Å²) in [5.41, 5.74) is 11.6. The number of aromatic nitrogens is 3. The van der Waals surface area contributed by atoms with E-state index in [9.17, 15) is 4.79 Å². The lowest BCUT2D eigenvalue weighted by atomic mass is 10.0. The molecular weight excluding hydrogens is 326 g/mol. The number of hydrogen-bond donors (Lipinski definition) is 2. The third kappa shape index (κ3) is 3.18. The Morgan fingerprint density at radius 1 is 1.23 bits per heavy atom. The van der Waals surface area contributed by atoms with Crippen molar-refractivity contribution in [2.45, 2.75) is 26.8 Å². The first-order valence-electron chi connectivity index (χ1n) is 8.49. The number of anilines is 1. The minimum atomic E-state index is -0.0928. The number of amides is 1. The highest BCUT2D eigenvalue weighted by molar-refractivity contribution is 5.95. The van der Waals surface area contributed by atoms with Crippen LogP contribution in [-0.4, -0.2) is 33.0 Å². The molecular formula is C20H23N5O. The van der Waals surface area contributed by atoms with Crippen LogP contribution in [0.2, 0.25) is 0 Å². The Morgan fingerprint density at radius 3 is 2.65 bits per heavy atom. The minimum absolute atomic E-state index is 0.0612. The molecule has 0 saturated heterocycles. The van der Waals surface area contributed by atoms with Crippen LogP contribution in [0.4, 0.5) is 5.69 Å². The third-order valence-corrected chi connectivity index (χ3v) is 4.73. The van der Waals surface area contributed by atoms with Crippen LogP contribution in [-0.2, 0) is 0 Å². The number of nitrogens with zero attached hydrogens (tertiary/aromatic N) is 3. The standard InChI is InChI=1S/C20H23N5O/c1-12-18(13(2)24-23-12)14(3)25(4)20(26)16-8-5-7-15(11-16)19-17(21)9-6-10-22-19/h5-11,14H,21H2,1-4H3,(H,23,24)/t14-/m1/s1. The van der Waals surface area contributed by atoms with Crippen LogP contribution in [0.1, 0.15) is 40.3 Å². The molecule has 0 aliphatic carbocycles. The number of aromatic amines is 1. The van der Waals surface area contributed by atoms with E-state index in [-0.39, 0.29) is 11.9 Å². The summed E-state index contributed by atoms with van der Waals surface area (Å²) < 4.78 is 0. The Morgan fingerprint density at radius 2 is 2.00 bits per heavy atom. The molecule has 1 atom stereocenters. The van der Waals surface area contributed by atoms with Crippen molar-refractivity contribution in [3.8, 4) is 11.3 Å². The van der Waals surface area contributed by atoms with Crippen LogP contribution < -0.4 is 5.73 Å². The highest BCUT2D eigenvalue weighted by Crippen LogP contribution is 2.27. The van der Waals surface area contributed by atoms with E-state index in [1.807, 2.05) is 45.0 Å². The molecule has 0 unspecified atom stereocenters. The number of nitrogens with two attached hydrogens (primary N) is 1. The number of nitrogen functional groups attached to an aromatic ring is 1. The van der Waals surface area contributed by atoms with Gasteiger partial charge in [0.1, 0.15) is 0 Å². The molecule has 6 nitrogen and oxygen atoms in total. The van der Waals surface area contributed by atoms with E-state index in [0.29, 0.717) is 16.9 Å². The van der Waals surface area contributed by atoms with Crippen LogP contribution in [0.15, 0.2) is 42.6 Å². The van der Waals surface area contributed by atoms with Crippen molar-refractivity contribution < 1.29 is 4.79 Å². The van der Waals surface area contributed by atoms with Crippen LogP contribution in [0.3, 0.4) is 0 Å². The Hall–Kier alpha value is -3.15. The summed E-state index contributed by atoms with van der Waals surface area (Å²) in [6.45, 7) is 5.91. The molecule has 0 fully saturated rings. The van der Waals surface area contributed by atoms with E-state index >= 15 is 0 Å². The number of H-pyrrole nitrogens is 1. The van der Waals surface area contributed by atoms with Crippen molar-refractivity contribution in [1.29, 1.82) is 0 Å². The fraction of sp³-hybridized carbons (Fsp3) is 0.250. The lowest BCUT2D eigenvalue weighted by Crippen LogP contribution is -2.30. The summed E-state index contributed by atoms with van der Waals surface area (Å²) >= 11 is 0. The molecule has 0 aliphatic heterocycles. The fourth-order valence-corrected chi connectivity index (χ4v) is 3.21. The van der Waals surface area contributed by atoms with Crippen LogP contribution in [0, 0.1) is 13.8 Å². The van der Waals surface area contributed by atoms with Crippen LogP contribution >= 0.6 is 0 Å². The lowest BCUT2D eigenvalue weighted by molar-refractivity contribution is 0.0742. The molecule has 26 heavy (non-hydrogen) atoms. The Labute approximate surface area is 153 Å². The van der Waals surface area contributed by atoms with E-state index in [0.717, 1.165) is 22.5 Å². The first kappa shape index (κ1) is 17.7. The van der Waals surface area contributed by atoms with Gasteiger partial charge in [0.2, 0.25) is 0 Å². The van der Waals surface area contributed by atoms with E-state index in [1.54, 1.807) is 30.3 Å². The summed E-state index contributed by atoms with van der Waals surface area (Å²) in [6, 6.07) is 10.9. The summed E-state index contributed by atoms with van der Waals surface area (Å²) in [5, 5.41) is 7.21. The number of rotatable bonds is 4. The second-order valence-electron chi connectivity index (χ2n) is 6.46. The van der Waals surface area contributed by atoms with Gasteiger partial charge < -0.3 is 10.6 Å². The molecule has 0 aliphatic rings. The molecule has 2 heterocycles. The quantitative estimate of drug-likeness (QED) is 0.754. The second kappa shape index (κ2) is 7.00. The van der Waals surface area contributed by atoms with Crippen LogP contribution in [0.25, 0.3) is 11.3 Å². The zero-order valence-electron chi connectivity index (χ0n) is 15.4. The number of benzene rings is 1. The van der Waals surface area contributed by atoms with Crippen molar-refractivity contribution >= 4 is 11.6 Å². The lowest BCUT2D eigenvalue weighted by Gasteiger charge is -2.26. The van der Waals surface area contributed by atoms with Gasteiger partial charge in [0.05, 0.1) is 23.1 Å². The second-order valence-corrected chi connectivity index (χ2v) is 6.46. The maximum absolute atomic E-state index is 13.0. The van der Waals surface area contributed by atoms with Gasteiger partial charge in [0.25, 0.3) is 5.91 Å². The average molecular weight is 349 g/mol. The van der Waals surface area contributed by atoms with Gasteiger partial charge in [-0.2, -0.15) is 5.10 Å². The highest BCUT2D eigenvalue weighted by Gasteiger charge is 2.23. The molecule has 2 aromatic heterocycles. The number of aryl methyl sites for hydroxylation is 2. The van der Waals surface area contributed by atoms with Gasteiger partial charge in [-0.05, 0) is 45.0 Å². The van der Waals surface area contributed by atoms with Crippen LogP contribution in [0.5, 0.6) is 0 Å². The first-order valence-corrected chi connectivity index (χ1v) is 8.49. The minimum Gasteiger partial charge on any atom is -0.397 e. The van der Waals surface area contributed by atoms with Gasteiger partial charge in [-0.1, -0.05) is 12.1 Å². The molecule has 1 aromatic carbocycles. The van der Waals surface area contributed by atoms with Gasteiger partial charge >= 0.3 is 0 Å². The topological polar surface area (TPSA) is 87.9 Å². The van der Waals surface area contributed by atoms with Crippen molar-refractivity contribution in [2.24, 2.45) is 0 Å². The Bertz CT molecular complexity index is 927. The van der Waals surface area contributed by atoms with Crippen molar-refractivity contribution in [3.63, 3.8) is 0 Å². The highest BCUT2D eigenvalue weighted by atomic mass is 16.2. The molecule has 0 radical (unpaired) electrons. The van der Waals surface area contributed by atoms with E-state index < -0.39 is 0 Å². The molecule has 6 heteroatoms. The van der Waals surface area contributed by atoms with Crippen molar-refractivity contribution in [1.82, 2.24) is 20.1 Å². The van der Waals surface area contributed by atoms with Gasteiger partial charge in [0.15, 0.2) is 0 Å². The van der Waals surface area contributed by atoms with E-state index in [2.05, 4.69) is 15.2 Å². The fourth-order valence-electron chi connectivity index (χ4n) is 3.21. The average Bonchev–Trinajstić information content (AvgIpc) is 2.98. The predicted molar refractivity (Wildman–Crippen MR) is 103 cm³/mol. The molecule has 1 amide bonds. The predicted octanol–water partition coefficient (Wildman–Crippen LogP) is 3.50. The molecule has 0 saturated carbocycles. The molecule has 134 valence electrons. The van der Waals surface area contributed by atoms with E-state index in [1.165, 1.54) is 0 Å². The maximum Gasteiger partial charge on any atom is 0.254 e. The zero-order chi connectivity index (χ0) is 18.8. The van der Waals surface area contributed by atoms with E-state index in [4.69, 9.17) is 5.73 Å². The normalized spacial score (nSPS) is 12.0. The summed E-state index contributed by atoms with van der Waals surface area (Å²) in [5.74, 6) is -0.0612. The Kier molecular flexibility index (Phi) is 4.75. The zero-order valence-corrected chi connectivity index (χ0v) is 15.4. The Balaban J connectivity index is 1.91. The van der Waals surface area contributed by atoms with Crippen molar-refractivity contribution in [2.75, 3.05) is 12.8 Å². The molecule has 3 aromatic rings. The van der Waals surface area contributed by atoms with Crippen molar-refractivity contribution in [3.05, 3.63) is 65.1 Å². The van der Waals surface area contributed by atoms with Gasteiger partial charge in [-0.25, -0.2) is 0 Å². The number of pyridine rings is 1. The largest absolute Gasteiger partial charge is 0.397 e. The SMILES string of the molecule is Cc1n[nH]c(C)c1[C@@H](C)N(C)C(=O)c1cccc(-c2ncccc2N)c1. The van der Waals surface area contributed by atoms with Gasteiger partial charge in [0, 0.05) is 35.6 Å².